The zero-order valence-electron chi connectivity index (χ0n) is 23.4. The van der Waals surface area contributed by atoms with Crippen molar-refractivity contribution in [2.75, 3.05) is 7.11 Å². The van der Waals surface area contributed by atoms with Gasteiger partial charge in [-0.1, -0.05) is 81.4 Å². The molecule has 0 unspecified atom stereocenters. The first-order chi connectivity index (χ1) is 17.9. The summed E-state index contributed by atoms with van der Waals surface area (Å²) in [4.78, 5) is 4.80. The highest BCUT2D eigenvalue weighted by Gasteiger charge is 2.50. The topological polar surface area (TPSA) is 71.8 Å². The first-order valence-electron chi connectivity index (χ1n) is 13.1. The van der Waals surface area contributed by atoms with Gasteiger partial charge in [0.15, 0.2) is 0 Å². The third-order valence-corrected chi connectivity index (χ3v) is 12.2. The molecule has 0 saturated carbocycles. The number of hydrogen-bond acceptors (Lipinski definition) is 5. The minimum atomic E-state index is -2.86. The van der Waals surface area contributed by atoms with E-state index < -0.39 is 20.0 Å². The Morgan fingerprint density at radius 3 is 1.87 bits per heavy atom. The van der Waals surface area contributed by atoms with Gasteiger partial charge in [0.05, 0.1) is 31.0 Å². The molecule has 5 nitrogen and oxygen atoms in total. The molecule has 4 aromatic rings. The molecular weight excluding hydrogens is 490 g/mol. The number of hydrogen-bond donors (Lipinski definition) is 2. The van der Waals surface area contributed by atoms with Crippen LogP contribution in [0.3, 0.4) is 0 Å². The number of ether oxygens (including phenoxy) is 1. The fourth-order valence-corrected chi connectivity index (χ4v) is 9.98. The van der Waals surface area contributed by atoms with E-state index in [4.69, 9.17) is 14.1 Å². The number of benzene rings is 3. The van der Waals surface area contributed by atoms with Crippen LogP contribution in [0.4, 0.5) is 0 Å². The summed E-state index contributed by atoms with van der Waals surface area (Å²) in [7, 11) is -1.23. The molecule has 4 rings (SSSR count). The van der Waals surface area contributed by atoms with E-state index >= 15 is 0 Å². The summed E-state index contributed by atoms with van der Waals surface area (Å²) in [6.07, 6.45) is -0.864. The molecule has 0 aliphatic carbocycles. The summed E-state index contributed by atoms with van der Waals surface area (Å²) in [5.41, 5.74) is 1.32. The van der Waals surface area contributed by atoms with E-state index in [1.807, 2.05) is 30.3 Å². The minimum absolute atomic E-state index is 0.208. The highest BCUT2D eigenvalue weighted by molar-refractivity contribution is 6.99. The summed E-state index contributed by atoms with van der Waals surface area (Å²) < 4.78 is 12.8. The molecule has 2 N–H and O–H groups in total. The van der Waals surface area contributed by atoms with Crippen LogP contribution in [0.2, 0.25) is 5.04 Å². The lowest BCUT2D eigenvalue weighted by atomic mass is 9.90. The van der Waals surface area contributed by atoms with E-state index in [1.54, 1.807) is 27.9 Å². The number of rotatable bonds is 8. The maximum atomic E-state index is 11.1. The fourth-order valence-electron chi connectivity index (χ4n) is 5.46. The van der Waals surface area contributed by atoms with E-state index in [-0.39, 0.29) is 11.6 Å². The van der Waals surface area contributed by atoms with Crippen LogP contribution in [0.1, 0.15) is 64.5 Å². The second kappa shape index (κ2) is 10.6. The number of fused-ring (bicyclic) bond motifs is 1. The van der Waals surface area contributed by atoms with Crippen LogP contribution in [-0.4, -0.2) is 30.6 Å². The number of pyridine rings is 1. The van der Waals surface area contributed by atoms with Gasteiger partial charge in [-0.3, -0.25) is 0 Å². The second-order valence-corrected chi connectivity index (χ2v) is 15.7. The van der Waals surface area contributed by atoms with Crippen LogP contribution >= 0.6 is 0 Å². The summed E-state index contributed by atoms with van der Waals surface area (Å²) in [6, 6.07) is 26.7. The zero-order valence-corrected chi connectivity index (χ0v) is 24.4. The molecule has 0 aliphatic heterocycles. The van der Waals surface area contributed by atoms with Crippen molar-refractivity contribution in [1.82, 2.24) is 4.98 Å². The van der Waals surface area contributed by atoms with Gasteiger partial charge in [-0.25, -0.2) is 4.98 Å². The van der Waals surface area contributed by atoms with Crippen molar-refractivity contribution in [2.45, 2.75) is 64.9 Å². The summed E-state index contributed by atoms with van der Waals surface area (Å²) in [5.74, 6) is 0.693. The molecule has 0 saturated heterocycles. The Kier molecular flexibility index (Phi) is 7.82. The van der Waals surface area contributed by atoms with Gasteiger partial charge in [0.2, 0.25) is 0 Å². The molecule has 3 aromatic carbocycles. The molecule has 1 aromatic heterocycles. The van der Waals surface area contributed by atoms with Crippen LogP contribution in [0.25, 0.3) is 10.9 Å². The fraction of sp³-hybridized carbons (Fsp3) is 0.344. The maximum absolute atomic E-state index is 11.1. The molecule has 38 heavy (non-hydrogen) atoms. The first kappa shape index (κ1) is 28.0. The van der Waals surface area contributed by atoms with E-state index in [2.05, 4.69) is 69.3 Å². The second-order valence-electron chi connectivity index (χ2n) is 11.4. The molecule has 0 radical (unpaired) electrons. The Bertz CT molecular complexity index is 1350. The van der Waals surface area contributed by atoms with Crippen molar-refractivity contribution < 1.29 is 19.4 Å². The third-order valence-electron chi connectivity index (χ3n) is 7.19. The Morgan fingerprint density at radius 2 is 1.42 bits per heavy atom. The van der Waals surface area contributed by atoms with E-state index in [1.165, 1.54) is 10.4 Å². The Morgan fingerprint density at radius 1 is 0.868 bits per heavy atom. The van der Waals surface area contributed by atoms with Gasteiger partial charge < -0.3 is 19.4 Å². The molecule has 0 spiro atoms. The summed E-state index contributed by atoms with van der Waals surface area (Å²) >= 11 is 0. The van der Waals surface area contributed by atoms with Crippen LogP contribution in [-0.2, 0) is 16.6 Å². The normalized spacial score (nSPS) is 13.5. The van der Waals surface area contributed by atoms with Crippen LogP contribution < -0.4 is 15.1 Å². The Hall–Kier alpha value is -3.03. The largest absolute Gasteiger partial charge is 0.497 e. The maximum Gasteiger partial charge on any atom is 0.261 e. The molecule has 0 amide bonds. The molecule has 6 heteroatoms. The minimum Gasteiger partial charge on any atom is -0.497 e. The van der Waals surface area contributed by atoms with E-state index in [0.717, 1.165) is 10.9 Å². The number of methoxy groups -OCH3 is 1. The average Bonchev–Trinajstić information content (AvgIpc) is 2.88. The van der Waals surface area contributed by atoms with Gasteiger partial charge in [-0.15, -0.1) is 0 Å². The van der Waals surface area contributed by atoms with Crippen molar-refractivity contribution in [2.24, 2.45) is 0 Å². The molecular formula is C32H39NO4Si. The SMILES string of the molecule is COc1ccc2nc(C(C)(C)O)c([C@@H](C)O)c(CO[Si](c3ccccc3)(c3ccccc3)C(C)(C)C)c2c1. The lowest BCUT2D eigenvalue weighted by Gasteiger charge is -2.43. The quantitative estimate of drug-likeness (QED) is 0.291. The van der Waals surface area contributed by atoms with Gasteiger partial charge in [0.1, 0.15) is 11.4 Å². The van der Waals surface area contributed by atoms with E-state index in [9.17, 15) is 10.2 Å². The number of aliphatic hydroxyl groups excluding tert-OH is 1. The van der Waals surface area contributed by atoms with Gasteiger partial charge in [-0.05, 0) is 59.9 Å². The van der Waals surface area contributed by atoms with Crippen molar-refractivity contribution in [3.8, 4) is 5.75 Å². The highest BCUT2D eigenvalue weighted by atomic mass is 28.4. The lowest BCUT2D eigenvalue weighted by molar-refractivity contribution is 0.0687. The molecule has 0 bridgehead atoms. The van der Waals surface area contributed by atoms with E-state index in [0.29, 0.717) is 22.5 Å². The van der Waals surface area contributed by atoms with Crippen molar-refractivity contribution >= 4 is 29.6 Å². The molecule has 0 fully saturated rings. The van der Waals surface area contributed by atoms with Crippen LogP contribution in [0.5, 0.6) is 5.75 Å². The zero-order chi connectivity index (χ0) is 27.7. The van der Waals surface area contributed by atoms with Gasteiger partial charge in [-0.2, -0.15) is 0 Å². The lowest BCUT2D eigenvalue weighted by Crippen LogP contribution is -2.66. The van der Waals surface area contributed by atoms with Gasteiger partial charge in [0, 0.05) is 10.9 Å². The smallest absolute Gasteiger partial charge is 0.261 e. The van der Waals surface area contributed by atoms with Gasteiger partial charge in [0.25, 0.3) is 8.32 Å². The average molecular weight is 530 g/mol. The monoisotopic (exact) mass is 529 g/mol. The van der Waals surface area contributed by atoms with Gasteiger partial charge >= 0.3 is 0 Å². The van der Waals surface area contributed by atoms with Crippen molar-refractivity contribution in [3.05, 3.63) is 95.7 Å². The molecule has 0 aliphatic rings. The van der Waals surface area contributed by atoms with Crippen molar-refractivity contribution in [1.29, 1.82) is 0 Å². The Balaban J connectivity index is 2.01. The standard InChI is InChI=1S/C32H39NO4Si/c1-22(34)29-27(26-20-23(36-7)18-19-28(26)33-30(29)32(5,6)35)21-37-38(31(2,3)4,24-14-10-8-11-15-24)25-16-12-9-13-17-25/h8-20,22,34-35H,21H2,1-7H3/t22-/m1/s1. The molecule has 1 atom stereocenters. The number of nitrogens with zero attached hydrogens (tertiary/aromatic N) is 1. The first-order valence-corrected chi connectivity index (χ1v) is 15.0. The van der Waals surface area contributed by atoms with Crippen LogP contribution in [0, 0.1) is 0 Å². The predicted octanol–water partition coefficient (Wildman–Crippen LogP) is 5.60. The van der Waals surface area contributed by atoms with Crippen LogP contribution in [0.15, 0.2) is 78.9 Å². The van der Waals surface area contributed by atoms with Crippen molar-refractivity contribution in [3.63, 3.8) is 0 Å². The number of aromatic nitrogens is 1. The highest BCUT2D eigenvalue weighted by Crippen LogP contribution is 2.40. The Labute approximate surface area is 227 Å². The predicted molar refractivity (Wildman–Crippen MR) is 157 cm³/mol. The summed E-state index contributed by atoms with van der Waals surface area (Å²) in [6.45, 7) is 12.1. The molecule has 1 heterocycles. The third kappa shape index (κ3) is 5.14. The molecule has 200 valence electrons. The summed E-state index contributed by atoms with van der Waals surface area (Å²) in [5, 5.41) is 25.1. The number of aliphatic hydroxyl groups is 2.